The first kappa shape index (κ1) is 15.8. The number of rotatable bonds is 3. The van der Waals surface area contributed by atoms with Crippen LogP contribution < -0.4 is 5.46 Å². The van der Waals surface area contributed by atoms with E-state index >= 15 is 0 Å². The molecular formula is C16H27BO2Si. The van der Waals surface area contributed by atoms with Crippen molar-refractivity contribution in [1.82, 2.24) is 0 Å². The molecule has 2 rings (SSSR count). The molecule has 0 saturated carbocycles. The Balaban J connectivity index is 2.36. The third-order valence-corrected chi connectivity index (χ3v) is 7.35. The second-order valence-corrected chi connectivity index (χ2v) is 10.7. The molecule has 1 aromatic rings. The zero-order chi connectivity index (χ0) is 15.1. The van der Waals surface area contributed by atoms with Crippen molar-refractivity contribution in [2.75, 3.05) is 0 Å². The fraction of sp³-hybridized carbons (Fsp3) is 0.625. The van der Waals surface area contributed by atoms with Gasteiger partial charge in [0.25, 0.3) is 0 Å². The van der Waals surface area contributed by atoms with Crippen LogP contribution in [0.1, 0.15) is 45.7 Å². The molecule has 0 bridgehead atoms. The summed E-state index contributed by atoms with van der Waals surface area (Å²) in [5, 5.41) is 0. The van der Waals surface area contributed by atoms with Gasteiger partial charge < -0.3 is 9.31 Å². The molecule has 0 aromatic heterocycles. The lowest BCUT2D eigenvalue weighted by Crippen LogP contribution is -2.41. The molecule has 4 heteroatoms. The third kappa shape index (κ3) is 2.74. The Kier molecular flexibility index (Phi) is 4.20. The summed E-state index contributed by atoms with van der Waals surface area (Å²) in [5.41, 5.74) is 2.68. The van der Waals surface area contributed by atoms with E-state index in [4.69, 9.17) is 9.31 Å². The summed E-state index contributed by atoms with van der Waals surface area (Å²) < 4.78 is 12.4. The smallest absolute Gasteiger partial charge is 0.399 e. The van der Waals surface area contributed by atoms with Crippen LogP contribution in [0.25, 0.3) is 0 Å². The van der Waals surface area contributed by atoms with E-state index in [2.05, 4.69) is 72.0 Å². The van der Waals surface area contributed by atoms with Crippen LogP contribution in [-0.4, -0.2) is 27.1 Å². The minimum atomic E-state index is -0.740. The molecular weight excluding hydrogens is 263 g/mol. The van der Waals surface area contributed by atoms with Gasteiger partial charge in [-0.05, 0) is 44.3 Å². The molecule has 0 aliphatic carbocycles. The molecule has 1 atom stereocenters. The molecule has 0 radical (unpaired) electrons. The van der Waals surface area contributed by atoms with Crippen LogP contribution in [0.5, 0.6) is 0 Å². The largest absolute Gasteiger partial charge is 0.495 e. The Morgan fingerprint density at radius 3 is 2.00 bits per heavy atom. The second kappa shape index (κ2) is 5.32. The van der Waals surface area contributed by atoms with Crippen molar-refractivity contribution in [3.63, 3.8) is 0 Å². The van der Waals surface area contributed by atoms with Crippen LogP contribution in [0.2, 0.25) is 13.1 Å². The normalized spacial score (nSPS) is 22.3. The SMILES string of the molecule is CC(c1ccccc1B1OC(C)(C)C(C)(C)O1)[SiH](C)C. The van der Waals surface area contributed by atoms with Crippen molar-refractivity contribution < 1.29 is 9.31 Å². The summed E-state index contributed by atoms with van der Waals surface area (Å²) in [5.74, 6) is 0. The average molecular weight is 290 g/mol. The molecule has 110 valence electrons. The number of benzene rings is 1. The van der Waals surface area contributed by atoms with Crippen LogP contribution in [0, 0.1) is 0 Å². The Labute approximate surface area is 125 Å². The van der Waals surface area contributed by atoms with Gasteiger partial charge in [-0.1, -0.05) is 44.3 Å². The lowest BCUT2D eigenvalue weighted by atomic mass is 9.75. The van der Waals surface area contributed by atoms with E-state index in [9.17, 15) is 0 Å². The lowest BCUT2D eigenvalue weighted by molar-refractivity contribution is 0.00578. The summed E-state index contributed by atoms with van der Waals surface area (Å²) in [6, 6.07) is 8.60. The second-order valence-electron chi connectivity index (χ2n) is 7.25. The van der Waals surface area contributed by atoms with Crippen LogP contribution in [0.3, 0.4) is 0 Å². The first-order valence-electron chi connectivity index (χ1n) is 7.60. The molecule has 0 amide bonds. The quantitative estimate of drug-likeness (QED) is 0.796. The fourth-order valence-corrected chi connectivity index (χ4v) is 3.49. The maximum Gasteiger partial charge on any atom is 0.495 e. The van der Waals surface area contributed by atoms with E-state index in [1.165, 1.54) is 11.0 Å². The van der Waals surface area contributed by atoms with Gasteiger partial charge in [0, 0.05) is 8.80 Å². The van der Waals surface area contributed by atoms with Crippen molar-refractivity contribution in [2.24, 2.45) is 0 Å². The lowest BCUT2D eigenvalue weighted by Gasteiger charge is -2.32. The van der Waals surface area contributed by atoms with Crippen LogP contribution in [0.15, 0.2) is 24.3 Å². The Hall–Kier alpha value is -0.578. The molecule has 1 saturated heterocycles. The van der Waals surface area contributed by atoms with Gasteiger partial charge in [-0.2, -0.15) is 0 Å². The Morgan fingerprint density at radius 1 is 1.00 bits per heavy atom. The minimum absolute atomic E-state index is 0.244. The van der Waals surface area contributed by atoms with Crippen molar-refractivity contribution in [3.05, 3.63) is 29.8 Å². The highest BCUT2D eigenvalue weighted by Gasteiger charge is 2.52. The van der Waals surface area contributed by atoms with E-state index < -0.39 is 8.80 Å². The van der Waals surface area contributed by atoms with Crippen LogP contribution in [0.4, 0.5) is 0 Å². The van der Waals surface area contributed by atoms with Gasteiger partial charge in [-0.3, -0.25) is 0 Å². The van der Waals surface area contributed by atoms with Crippen LogP contribution in [-0.2, 0) is 9.31 Å². The molecule has 20 heavy (non-hydrogen) atoms. The molecule has 1 aliphatic heterocycles. The first-order chi connectivity index (χ1) is 9.16. The van der Waals surface area contributed by atoms with E-state index in [1.807, 2.05) is 0 Å². The van der Waals surface area contributed by atoms with Gasteiger partial charge in [0.1, 0.15) is 0 Å². The molecule has 0 N–H and O–H groups in total. The highest BCUT2D eigenvalue weighted by Crippen LogP contribution is 2.37. The molecule has 1 unspecified atom stereocenters. The minimum Gasteiger partial charge on any atom is -0.399 e. The van der Waals surface area contributed by atoms with E-state index in [-0.39, 0.29) is 18.3 Å². The van der Waals surface area contributed by atoms with Gasteiger partial charge in [0.15, 0.2) is 0 Å². The van der Waals surface area contributed by atoms with Crippen molar-refractivity contribution in [3.8, 4) is 0 Å². The highest BCUT2D eigenvalue weighted by molar-refractivity contribution is 6.64. The van der Waals surface area contributed by atoms with Crippen LogP contribution >= 0.6 is 0 Å². The topological polar surface area (TPSA) is 18.5 Å². The standard InChI is InChI=1S/C16H27BO2Si/c1-12(20(6)7)13-10-8-9-11-14(13)17-18-15(2,3)16(4,5)19-17/h8-12,20H,1-7H3. The zero-order valence-electron chi connectivity index (χ0n) is 13.9. The van der Waals surface area contributed by atoms with Crippen molar-refractivity contribution >= 4 is 21.4 Å². The molecule has 0 spiro atoms. The molecule has 1 heterocycles. The number of hydrogen-bond acceptors (Lipinski definition) is 2. The highest BCUT2D eigenvalue weighted by atomic mass is 28.3. The van der Waals surface area contributed by atoms with Crippen molar-refractivity contribution in [1.29, 1.82) is 0 Å². The Bertz CT molecular complexity index is 469. The summed E-state index contributed by atoms with van der Waals surface area (Å²) >= 11 is 0. The monoisotopic (exact) mass is 290 g/mol. The summed E-state index contributed by atoms with van der Waals surface area (Å²) in [6.07, 6.45) is 0. The maximum absolute atomic E-state index is 6.21. The zero-order valence-corrected chi connectivity index (χ0v) is 15.0. The van der Waals surface area contributed by atoms with Gasteiger partial charge in [-0.25, -0.2) is 0 Å². The summed E-state index contributed by atoms with van der Waals surface area (Å²) in [6.45, 7) is 15.6. The molecule has 1 aromatic carbocycles. The maximum atomic E-state index is 6.21. The van der Waals surface area contributed by atoms with Gasteiger partial charge in [0.2, 0.25) is 0 Å². The average Bonchev–Trinajstić information content (AvgIpc) is 2.57. The number of hydrogen-bond donors (Lipinski definition) is 0. The molecule has 1 aliphatic rings. The van der Waals surface area contributed by atoms with E-state index in [0.717, 1.165) is 0 Å². The fourth-order valence-electron chi connectivity index (χ4n) is 2.47. The van der Waals surface area contributed by atoms with Gasteiger partial charge in [-0.15, -0.1) is 0 Å². The third-order valence-electron chi connectivity index (χ3n) is 4.99. The predicted octanol–water partition coefficient (Wildman–Crippen LogP) is 3.12. The van der Waals surface area contributed by atoms with Gasteiger partial charge in [0.05, 0.1) is 11.2 Å². The summed E-state index contributed by atoms with van der Waals surface area (Å²) in [4.78, 5) is 0. The van der Waals surface area contributed by atoms with E-state index in [0.29, 0.717) is 5.54 Å². The predicted molar refractivity (Wildman–Crippen MR) is 89.5 cm³/mol. The van der Waals surface area contributed by atoms with E-state index in [1.54, 1.807) is 0 Å². The van der Waals surface area contributed by atoms with Crippen molar-refractivity contribution in [2.45, 2.75) is 64.5 Å². The molecule has 1 fully saturated rings. The molecule has 2 nitrogen and oxygen atoms in total. The first-order valence-corrected chi connectivity index (χ1v) is 10.6. The summed E-state index contributed by atoms with van der Waals surface area (Å²) in [7, 11) is -0.984. The van der Waals surface area contributed by atoms with Gasteiger partial charge >= 0.3 is 7.12 Å². The Morgan fingerprint density at radius 2 is 1.50 bits per heavy atom.